The van der Waals surface area contributed by atoms with Crippen LogP contribution in [0, 0.1) is 11.8 Å². The summed E-state index contributed by atoms with van der Waals surface area (Å²) in [5.74, 6) is 6.44. The predicted octanol–water partition coefficient (Wildman–Crippen LogP) is 1.21. The Hall–Kier alpha value is -2.08. The molecule has 2 aromatic heterocycles. The maximum Gasteiger partial charge on any atom is 0.205 e. The van der Waals surface area contributed by atoms with Gasteiger partial charge in [-0.1, -0.05) is 0 Å². The first-order valence-corrected chi connectivity index (χ1v) is 4.26. The maximum atomic E-state index is 4.01. The monoisotopic (exact) mass is 183 g/mol. The van der Waals surface area contributed by atoms with Crippen molar-refractivity contribution in [1.82, 2.24) is 14.5 Å². The molecule has 0 radical (unpaired) electrons. The topological polar surface area (TPSA) is 30.7 Å². The molecule has 0 fully saturated rings. The molecule has 2 aromatic rings. The average Bonchev–Trinajstić information content (AvgIpc) is 2.63. The first-order chi connectivity index (χ1) is 6.86. The van der Waals surface area contributed by atoms with Crippen molar-refractivity contribution in [3.8, 4) is 11.8 Å². The van der Waals surface area contributed by atoms with Gasteiger partial charge in [0, 0.05) is 25.6 Å². The summed E-state index contributed by atoms with van der Waals surface area (Å²) in [6.07, 6.45) is 5.32. The van der Waals surface area contributed by atoms with E-state index in [2.05, 4.69) is 21.8 Å². The fraction of sp³-hybridized carbons (Fsp3) is 0.0909. The first kappa shape index (κ1) is 8.52. The van der Waals surface area contributed by atoms with Crippen LogP contribution in [-0.4, -0.2) is 14.5 Å². The van der Waals surface area contributed by atoms with Gasteiger partial charge in [-0.2, -0.15) is 0 Å². The summed E-state index contributed by atoms with van der Waals surface area (Å²) in [5.41, 5.74) is 0.956. The third-order valence-corrected chi connectivity index (χ3v) is 1.81. The van der Waals surface area contributed by atoms with Crippen LogP contribution >= 0.6 is 0 Å². The molecule has 0 bridgehead atoms. The van der Waals surface area contributed by atoms with Crippen molar-refractivity contribution >= 4 is 0 Å². The lowest BCUT2D eigenvalue weighted by molar-refractivity contribution is 0.911. The summed E-state index contributed by atoms with van der Waals surface area (Å²) >= 11 is 0. The number of hydrogen-bond acceptors (Lipinski definition) is 2. The van der Waals surface area contributed by atoms with Gasteiger partial charge in [0.2, 0.25) is 5.82 Å². The minimum Gasteiger partial charge on any atom is -0.344 e. The van der Waals surface area contributed by atoms with Crippen molar-refractivity contribution in [2.45, 2.75) is 0 Å². The Bertz CT molecular complexity index is 474. The summed E-state index contributed by atoms with van der Waals surface area (Å²) in [6, 6.07) is 5.68. The highest BCUT2D eigenvalue weighted by Gasteiger charge is 1.90. The highest BCUT2D eigenvalue weighted by Crippen LogP contribution is 1.96. The summed E-state index contributed by atoms with van der Waals surface area (Å²) in [5, 5.41) is 0. The zero-order chi connectivity index (χ0) is 9.80. The van der Waals surface area contributed by atoms with Crippen LogP contribution in [0.5, 0.6) is 0 Å². The van der Waals surface area contributed by atoms with Crippen LogP contribution < -0.4 is 0 Å². The molecule has 68 valence electrons. The smallest absolute Gasteiger partial charge is 0.205 e. The molecule has 0 aromatic carbocycles. The number of rotatable bonds is 0. The van der Waals surface area contributed by atoms with Gasteiger partial charge in [-0.05, 0) is 30.0 Å². The molecule has 0 aliphatic carbocycles. The predicted molar refractivity (Wildman–Crippen MR) is 53.4 cm³/mol. The number of nitrogens with zero attached hydrogens (tertiary/aromatic N) is 3. The van der Waals surface area contributed by atoms with Crippen LogP contribution in [0.25, 0.3) is 0 Å². The van der Waals surface area contributed by atoms with E-state index >= 15 is 0 Å². The minimum absolute atomic E-state index is 0.550. The zero-order valence-corrected chi connectivity index (χ0v) is 7.81. The molecule has 0 amide bonds. The Morgan fingerprint density at radius 1 is 1.14 bits per heavy atom. The fourth-order valence-electron chi connectivity index (χ4n) is 1.07. The fourth-order valence-corrected chi connectivity index (χ4v) is 1.07. The van der Waals surface area contributed by atoms with Crippen molar-refractivity contribution in [2.75, 3.05) is 0 Å². The lowest BCUT2D eigenvalue weighted by Crippen LogP contribution is -1.89. The molecule has 0 unspecified atom stereocenters. The molecule has 0 N–H and O–H groups in total. The van der Waals surface area contributed by atoms with Crippen LogP contribution in [0.4, 0.5) is 0 Å². The Kier molecular flexibility index (Phi) is 2.28. The zero-order valence-electron chi connectivity index (χ0n) is 7.81. The molecule has 3 heteroatoms. The molecular formula is C11H9N3. The van der Waals surface area contributed by atoms with Crippen LogP contribution in [0.3, 0.4) is 0 Å². The molecule has 0 spiro atoms. The average molecular weight is 183 g/mol. The molecular weight excluding hydrogens is 174 g/mol. The van der Waals surface area contributed by atoms with Crippen LogP contribution in [-0.2, 0) is 7.05 Å². The summed E-state index contributed by atoms with van der Waals surface area (Å²) < 4.78 is 1.95. The van der Waals surface area contributed by atoms with Gasteiger partial charge in [0.05, 0.1) is 5.69 Å². The summed E-state index contributed by atoms with van der Waals surface area (Å²) in [7, 11) is 1.95. The molecule has 2 heterocycles. The van der Waals surface area contributed by atoms with E-state index < -0.39 is 0 Å². The van der Waals surface area contributed by atoms with E-state index in [0.29, 0.717) is 5.82 Å². The van der Waals surface area contributed by atoms with E-state index in [1.165, 1.54) is 0 Å². The molecule has 2 rings (SSSR count). The van der Waals surface area contributed by atoms with Crippen LogP contribution in [0.15, 0.2) is 36.8 Å². The van der Waals surface area contributed by atoms with Crippen LogP contribution in [0.1, 0.15) is 11.5 Å². The lowest BCUT2D eigenvalue weighted by atomic mass is 10.4. The van der Waals surface area contributed by atoms with E-state index in [1.807, 2.05) is 29.9 Å². The molecule has 3 nitrogen and oxygen atoms in total. The molecule has 0 saturated heterocycles. The second-order valence-electron chi connectivity index (χ2n) is 2.83. The van der Waals surface area contributed by atoms with E-state index in [4.69, 9.17) is 0 Å². The van der Waals surface area contributed by atoms with Crippen molar-refractivity contribution in [3.05, 3.63) is 48.3 Å². The maximum absolute atomic E-state index is 4.01. The summed E-state index contributed by atoms with van der Waals surface area (Å²) in [6.45, 7) is 0. The third kappa shape index (κ3) is 1.80. The number of aryl methyl sites for hydroxylation is 1. The second kappa shape index (κ2) is 3.75. The molecule has 0 aliphatic heterocycles. The molecule has 14 heavy (non-hydrogen) atoms. The Morgan fingerprint density at radius 2 is 1.93 bits per heavy atom. The van der Waals surface area contributed by atoms with Crippen molar-refractivity contribution in [3.63, 3.8) is 0 Å². The highest BCUT2D eigenvalue weighted by atomic mass is 14.9. The van der Waals surface area contributed by atoms with Gasteiger partial charge < -0.3 is 4.57 Å². The first-order valence-electron chi connectivity index (χ1n) is 4.26. The van der Waals surface area contributed by atoms with Gasteiger partial charge in [-0.3, -0.25) is 0 Å². The van der Waals surface area contributed by atoms with E-state index in [1.54, 1.807) is 18.5 Å². The lowest BCUT2D eigenvalue weighted by Gasteiger charge is -1.91. The van der Waals surface area contributed by atoms with Gasteiger partial charge in [0.15, 0.2) is 0 Å². The SMILES string of the molecule is Cn1cccc1C#Cc1ncccn1. The summed E-state index contributed by atoms with van der Waals surface area (Å²) in [4.78, 5) is 8.03. The van der Waals surface area contributed by atoms with Crippen molar-refractivity contribution in [2.24, 2.45) is 7.05 Å². The van der Waals surface area contributed by atoms with Crippen molar-refractivity contribution < 1.29 is 0 Å². The van der Waals surface area contributed by atoms with Crippen LogP contribution in [0.2, 0.25) is 0 Å². The third-order valence-electron chi connectivity index (χ3n) is 1.81. The Labute approximate surface area is 82.4 Å². The van der Waals surface area contributed by atoms with Gasteiger partial charge in [-0.25, -0.2) is 9.97 Å². The number of aromatic nitrogens is 3. The van der Waals surface area contributed by atoms with Gasteiger partial charge >= 0.3 is 0 Å². The van der Waals surface area contributed by atoms with Gasteiger partial charge in [0.1, 0.15) is 0 Å². The molecule has 0 saturated carbocycles. The second-order valence-corrected chi connectivity index (χ2v) is 2.83. The molecule has 0 atom stereocenters. The Morgan fingerprint density at radius 3 is 2.57 bits per heavy atom. The van der Waals surface area contributed by atoms with Crippen molar-refractivity contribution in [1.29, 1.82) is 0 Å². The normalized spacial score (nSPS) is 9.21. The van der Waals surface area contributed by atoms with Gasteiger partial charge in [-0.15, -0.1) is 0 Å². The largest absolute Gasteiger partial charge is 0.344 e. The molecule has 0 aliphatic rings. The van der Waals surface area contributed by atoms with E-state index in [-0.39, 0.29) is 0 Å². The van der Waals surface area contributed by atoms with E-state index in [9.17, 15) is 0 Å². The standard InChI is InChI=1S/C11H9N3/c1-14-9-2-4-10(14)5-6-11-12-7-3-8-13-11/h2-4,7-9H,1H3. The van der Waals surface area contributed by atoms with Gasteiger partial charge in [0.25, 0.3) is 0 Å². The highest BCUT2D eigenvalue weighted by molar-refractivity contribution is 5.34. The minimum atomic E-state index is 0.550. The quantitative estimate of drug-likeness (QED) is 0.575. The Balaban J connectivity index is 2.28. The van der Waals surface area contributed by atoms with E-state index in [0.717, 1.165) is 5.69 Å². The number of hydrogen-bond donors (Lipinski definition) is 0.